The summed E-state index contributed by atoms with van der Waals surface area (Å²) in [4.78, 5) is 0. The first-order valence-electron chi connectivity index (χ1n) is 5.52. The van der Waals surface area contributed by atoms with E-state index in [4.69, 9.17) is 0 Å². The van der Waals surface area contributed by atoms with Crippen molar-refractivity contribution < 1.29 is 0 Å². The molecule has 12 heavy (non-hydrogen) atoms. The van der Waals surface area contributed by atoms with Gasteiger partial charge in [0.05, 0.1) is 0 Å². The first-order chi connectivity index (χ1) is 5.84. The molecule has 1 heterocycles. The minimum Gasteiger partial charge on any atom is -0.0858 e. The second-order valence-electron chi connectivity index (χ2n) is 5.14. The molecular weight excluding hydrogens is 143 g/mol. The maximum absolute atomic E-state index is 2.57. The number of hydrogen-bond acceptors (Lipinski definition) is 0. The molecule has 0 N–H and O–H groups in total. The quantitative estimate of drug-likeness (QED) is 0.377. The Morgan fingerprint density at radius 3 is 3.33 bits per heavy atom. The van der Waals surface area contributed by atoms with Gasteiger partial charge in [-0.1, -0.05) is 30.2 Å². The normalized spacial score (nSPS) is 49.9. The molecule has 2 bridgehead atoms. The van der Waals surface area contributed by atoms with Gasteiger partial charge < -0.3 is 0 Å². The summed E-state index contributed by atoms with van der Waals surface area (Å²) in [5.74, 6) is 4.34. The summed E-state index contributed by atoms with van der Waals surface area (Å²) in [6.07, 6.45) is 8.33. The van der Waals surface area contributed by atoms with Crippen LogP contribution in [0.15, 0.2) is 11.6 Å². The van der Waals surface area contributed by atoms with Gasteiger partial charge in [0.25, 0.3) is 0 Å². The zero-order valence-corrected chi connectivity index (χ0v) is 7.92. The molecule has 0 amide bonds. The Morgan fingerprint density at radius 2 is 2.42 bits per heavy atom. The van der Waals surface area contributed by atoms with E-state index in [-0.39, 0.29) is 0 Å². The molecule has 0 aromatic rings. The van der Waals surface area contributed by atoms with Gasteiger partial charge in [0.1, 0.15) is 7.28 Å². The van der Waals surface area contributed by atoms with E-state index in [2.05, 4.69) is 13.0 Å². The Kier molecular flexibility index (Phi) is 1.45. The first-order valence-corrected chi connectivity index (χ1v) is 5.52. The summed E-state index contributed by atoms with van der Waals surface area (Å²) < 4.78 is 0. The fourth-order valence-electron chi connectivity index (χ4n) is 3.38. The maximum Gasteiger partial charge on any atom is 0.127 e. The predicted molar refractivity (Wildman–Crippen MR) is 53.9 cm³/mol. The monoisotopic (exact) mass is 160 g/mol. The summed E-state index contributed by atoms with van der Waals surface area (Å²) in [5.41, 5.74) is 1.80. The maximum atomic E-state index is 2.57. The highest BCUT2D eigenvalue weighted by Crippen LogP contribution is 2.58. The molecule has 4 unspecified atom stereocenters. The molecule has 3 rings (SSSR count). The molecule has 3 aliphatic rings. The largest absolute Gasteiger partial charge is 0.127 e. The van der Waals surface area contributed by atoms with E-state index >= 15 is 0 Å². The minimum absolute atomic E-state index is 1.02. The molecule has 0 aromatic heterocycles. The fourth-order valence-corrected chi connectivity index (χ4v) is 3.38. The van der Waals surface area contributed by atoms with E-state index in [1.165, 1.54) is 25.7 Å². The molecule has 1 saturated heterocycles. The van der Waals surface area contributed by atoms with E-state index in [0.29, 0.717) is 0 Å². The Hall–Kier alpha value is -0.195. The predicted octanol–water partition coefficient (Wildman–Crippen LogP) is 2.78. The molecule has 0 radical (unpaired) electrons. The lowest BCUT2D eigenvalue weighted by atomic mass is 9.72. The van der Waals surface area contributed by atoms with Crippen molar-refractivity contribution in [2.45, 2.75) is 44.2 Å². The van der Waals surface area contributed by atoms with Crippen molar-refractivity contribution in [2.24, 2.45) is 11.8 Å². The van der Waals surface area contributed by atoms with Crippen molar-refractivity contribution >= 4 is 7.28 Å². The molecule has 0 aromatic carbocycles. The molecule has 64 valence electrons. The highest BCUT2D eigenvalue weighted by molar-refractivity contribution is 6.54. The van der Waals surface area contributed by atoms with Gasteiger partial charge in [-0.25, -0.2) is 0 Å². The van der Waals surface area contributed by atoms with Crippen molar-refractivity contribution in [3.8, 4) is 0 Å². The Morgan fingerprint density at radius 1 is 1.50 bits per heavy atom. The summed E-state index contributed by atoms with van der Waals surface area (Å²) >= 11 is 0. The number of fused-ring (bicyclic) bond motifs is 4. The van der Waals surface area contributed by atoms with E-state index < -0.39 is 0 Å². The van der Waals surface area contributed by atoms with E-state index in [1.807, 2.05) is 0 Å². The first kappa shape index (κ1) is 7.23. The molecule has 1 aliphatic heterocycles. The average molecular weight is 160 g/mol. The van der Waals surface area contributed by atoms with Crippen LogP contribution in [0.4, 0.5) is 0 Å². The number of rotatable bonds is 0. The van der Waals surface area contributed by atoms with Crippen LogP contribution < -0.4 is 0 Å². The summed E-state index contributed by atoms with van der Waals surface area (Å²) in [5, 5.41) is 0. The van der Waals surface area contributed by atoms with E-state index in [0.717, 1.165) is 23.5 Å². The van der Waals surface area contributed by atoms with Gasteiger partial charge in [-0.15, -0.1) is 0 Å². The SMILES string of the molecule is CC1CCC2=CCC3BC3C1C2. The van der Waals surface area contributed by atoms with Crippen LogP contribution in [0.2, 0.25) is 11.6 Å². The van der Waals surface area contributed by atoms with Crippen LogP contribution in [0.5, 0.6) is 0 Å². The van der Waals surface area contributed by atoms with Crippen molar-refractivity contribution in [1.82, 2.24) is 0 Å². The van der Waals surface area contributed by atoms with Crippen LogP contribution in [0.25, 0.3) is 0 Å². The van der Waals surface area contributed by atoms with Crippen LogP contribution in [0.3, 0.4) is 0 Å². The molecule has 2 aliphatic carbocycles. The van der Waals surface area contributed by atoms with Crippen LogP contribution in [0, 0.1) is 11.8 Å². The zero-order chi connectivity index (χ0) is 8.13. The lowest BCUT2D eigenvalue weighted by Gasteiger charge is -2.30. The third kappa shape index (κ3) is 0.983. The Balaban J connectivity index is 1.89. The van der Waals surface area contributed by atoms with Crippen LogP contribution in [0.1, 0.15) is 32.6 Å². The van der Waals surface area contributed by atoms with Crippen molar-refractivity contribution in [2.75, 3.05) is 0 Å². The molecule has 0 nitrogen and oxygen atoms in total. The van der Waals surface area contributed by atoms with Gasteiger partial charge in [0.15, 0.2) is 0 Å². The van der Waals surface area contributed by atoms with E-state index in [1.54, 1.807) is 12.9 Å². The standard InChI is InChI=1S/C11H17B/c1-7-2-3-8-4-5-10-11(12-10)9(7)6-8/h4,7,9-12H,2-3,5-6H2,1H3. The minimum atomic E-state index is 1.02. The second kappa shape index (κ2) is 2.40. The summed E-state index contributed by atoms with van der Waals surface area (Å²) in [6, 6.07) is 0. The fraction of sp³-hybridized carbons (Fsp3) is 0.818. The smallest absolute Gasteiger partial charge is 0.0858 e. The van der Waals surface area contributed by atoms with Crippen LogP contribution in [-0.4, -0.2) is 7.28 Å². The van der Waals surface area contributed by atoms with Crippen molar-refractivity contribution in [1.29, 1.82) is 0 Å². The topological polar surface area (TPSA) is 0 Å². The lowest BCUT2D eigenvalue weighted by molar-refractivity contribution is 0.302. The summed E-state index contributed by atoms with van der Waals surface area (Å²) in [6.45, 7) is 2.47. The summed E-state index contributed by atoms with van der Waals surface area (Å²) in [7, 11) is 1.55. The third-order valence-corrected chi connectivity index (χ3v) is 4.39. The van der Waals surface area contributed by atoms with Gasteiger partial charge in [0, 0.05) is 0 Å². The lowest BCUT2D eigenvalue weighted by Crippen LogP contribution is -2.18. The van der Waals surface area contributed by atoms with Crippen molar-refractivity contribution in [3.63, 3.8) is 0 Å². The van der Waals surface area contributed by atoms with Crippen LogP contribution >= 0.6 is 0 Å². The van der Waals surface area contributed by atoms with Gasteiger partial charge in [0.2, 0.25) is 0 Å². The highest BCUT2D eigenvalue weighted by atomic mass is 14.4. The Bertz CT molecular complexity index is 231. The number of hydrogen-bond donors (Lipinski definition) is 0. The number of allylic oxidation sites excluding steroid dienone is 2. The van der Waals surface area contributed by atoms with Gasteiger partial charge in [-0.05, 0) is 37.5 Å². The van der Waals surface area contributed by atoms with Gasteiger partial charge in [-0.3, -0.25) is 0 Å². The van der Waals surface area contributed by atoms with Crippen molar-refractivity contribution in [3.05, 3.63) is 11.6 Å². The molecule has 1 heteroatoms. The second-order valence-corrected chi connectivity index (χ2v) is 5.14. The van der Waals surface area contributed by atoms with Crippen LogP contribution in [-0.2, 0) is 0 Å². The molecule has 0 spiro atoms. The zero-order valence-electron chi connectivity index (χ0n) is 7.92. The van der Waals surface area contributed by atoms with Gasteiger partial charge >= 0.3 is 0 Å². The molecular formula is C11H17B. The van der Waals surface area contributed by atoms with Gasteiger partial charge in [-0.2, -0.15) is 0 Å². The molecule has 1 saturated carbocycles. The average Bonchev–Trinajstić information content (AvgIpc) is 2.80. The Labute approximate surface area is 75.7 Å². The molecule has 2 fully saturated rings. The van der Waals surface area contributed by atoms with E-state index in [9.17, 15) is 0 Å². The highest BCUT2D eigenvalue weighted by Gasteiger charge is 2.47. The third-order valence-electron chi connectivity index (χ3n) is 4.39. The molecule has 4 atom stereocenters.